The Morgan fingerprint density at radius 2 is 1.62 bits per heavy atom. The van der Waals surface area contributed by atoms with Crippen LogP contribution in [-0.2, 0) is 14.3 Å². The summed E-state index contributed by atoms with van der Waals surface area (Å²) in [6.07, 6.45) is 10.0. The van der Waals surface area contributed by atoms with Crippen LogP contribution in [0.5, 0.6) is 0 Å². The zero-order valence-electron chi connectivity index (χ0n) is 20.2. The molecule has 0 heterocycles. The summed E-state index contributed by atoms with van der Waals surface area (Å²) in [5.41, 5.74) is 2.06. The summed E-state index contributed by atoms with van der Waals surface area (Å²) in [6, 6.07) is 20.7. The van der Waals surface area contributed by atoms with Gasteiger partial charge in [-0.1, -0.05) is 93.1 Å². The maximum Gasteiger partial charge on any atom is 0.314 e. The first kappa shape index (κ1) is 26.4. The molecule has 1 saturated carbocycles. The first-order valence-electron chi connectivity index (χ1n) is 12.0. The zero-order valence-corrected chi connectivity index (χ0v) is 21.0. The molecule has 3 nitrogen and oxygen atoms in total. The van der Waals surface area contributed by atoms with Gasteiger partial charge in [0.05, 0.1) is 0 Å². The van der Waals surface area contributed by atoms with Crippen molar-refractivity contribution in [2.24, 2.45) is 5.92 Å². The van der Waals surface area contributed by atoms with Crippen LogP contribution in [0, 0.1) is 36.8 Å². The number of aldehydes is 1. The average Bonchev–Trinajstić information content (AvgIpc) is 3.34. The minimum atomic E-state index is -0.897. The fraction of sp³-hybridized carbons (Fsp3) is 0.300. The zero-order chi connectivity index (χ0) is 24.3. The van der Waals surface area contributed by atoms with Gasteiger partial charge in [-0.3, -0.25) is 4.79 Å². The lowest BCUT2D eigenvalue weighted by Crippen LogP contribution is -2.29. The van der Waals surface area contributed by atoms with Crippen molar-refractivity contribution in [2.45, 2.75) is 52.1 Å². The van der Waals surface area contributed by atoms with Gasteiger partial charge in [0.1, 0.15) is 18.3 Å². The largest absolute Gasteiger partial charge is 0.462 e. The summed E-state index contributed by atoms with van der Waals surface area (Å²) in [4.78, 5) is 24.6. The van der Waals surface area contributed by atoms with Crippen LogP contribution in [0.2, 0.25) is 0 Å². The lowest BCUT2D eigenvalue weighted by molar-refractivity contribution is -0.146. The van der Waals surface area contributed by atoms with Gasteiger partial charge >= 0.3 is 5.97 Å². The third-order valence-corrected chi connectivity index (χ3v) is 8.68. The van der Waals surface area contributed by atoms with Crippen molar-refractivity contribution in [3.8, 4) is 0 Å². The van der Waals surface area contributed by atoms with Gasteiger partial charge in [0.15, 0.2) is 0 Å². The molecular formula is C30H34O3P. The highest BCUT2D eigenvalue weighted by molar-refractivity contribution is 7.76. The normalized spacial score (nSPS) is 16.3. The van der Waals surface area contributed by atoms with Crippen LogP contribution in [0.3, 0.4) is 0 Å². The molecule has 0 N–H and O–H groups in total. The molecule has 0 aliphatic heterocycles. The van der Waals surface area contributed by atoms with E-state index in [0.717, 1.165) is 30.4 Å². The van der Waals surface area contributed by atoms with E-state index in [4.69, 9.17) is 4.74 Å². The van der Waals surface area contributed by atoms with Gasteiger partial charge in [0.25, 0.3) is 0 Å². The number of esters is 1. The molecule has 177 valence electrons. The number of carbonyl (C=O) groups excluding carboxylic acids is 2. The smallest absolute Gasteiger partial charge is 0.314 e. The van der Waals surface area contributed by atoms with Gasteiger partial charge in [-0.25, -0.2) is 0 Å². The van der Waals surface area contributed by atoms with E-state index >= 15 is 0 Å². The Morgan fingerprint density at radius 1 is 1.00 bits per heavy atom. The van der Waals surface area contributed by atoms with E-state index in [1.807, 2.05) is 55.7 Å². The van der Waals surface area contributed by atoms with Crippen LogP contribution >= 0.6 is 7.92 Å². The van der Waals surface area contributed by atoms with Crippen molar-refractivity contribution >= 4 is 30.8 Å². The highest BCUT2D eigenvalue weighted by Gasteiger charge is 2.42. The highest BCUT2D eigenvalue weighted by atomic mass is 31.1. The quantitative estimate of drug-likeness (QED) is 0.152. The maximum atomic E-state index is 13.5. The van der Waals surface area contributed by atoms with Crippen LogP contribution in [0.4, 0.5) is 0 Å². The summed E-state index contributed by atoms with van der Waals surface area (Å²) in [6.45, 7) is 8.26. The second-order valence-corrected chi connectivity index (χ2v) is 10.8. The Balaban J connectivity index is 1.82. The molecule has 5 radical (unpaired) electrons. The summed E-state index contributed by atoms with van der Waals surface area (Å²) < 4.78 is 6.10. The molecular weight excluding hydrogens is 439 g/mol. The molecule has 1 aliphatic carbocycles. The molecule has 2 atom stereocenters. The molecule has 1 fully saturated rings. The maximum absolute atomic E-state index is 13.5. The number of hydrogen-bond donors (Lipinski definition) is 0. The monoisotopic (exact) mass is 473 g/mol. The van der Waals surface area contributed by atoms with Crippen molar-refractivity contribution in [1.82, 2.24) is 0 Å². The predicted octanol–water partition coefficient (Wildman–Crippen LogP) is 6.13. The minimum Gasteiger partial charge on any atom is -0.462 e. The fourth-order valence-electron chi connectivity index (χ4n) is 4.15. The fourth-order valence-corrected chi connectivity index (χ4v) is 6.59. The van der Waals surface area contributed by atoms with Gasteiger partial charge in [-0.15, -0.1) is 0 Å². The number of ether oxygens (including phenoxy) is 1. The Morgan fingerprint density at radius 3 is 2.15 bits per heavy atom. The molecule has 2 aromatic rings. The highest BCUT2D eigenvalue weighted by Crippen LogP contribution is 2.56. The Bertz CT molecular complexity index is 872. The van der Waals surface area contributed by atoms with Crippen molar-refractivity contribution in [2.75, 3.05) is 0 Å². The standard InChI is InChI=1S/C30H34O3P/c1-4-23(3)21-25(22-24(5-2)19-20-31)33-30(32)28-17-12-18-29(28)34(26-13-8-6-9-14-26)27-15-10-7-11-16-27/h6-18,20,24-25H,3-5,19,21-22H2,1-2H3/t24-,25+/m0/s1. The third-order valence-electron chi connectivity index (χ3n) is 6.18. The summed E-state index contributed by atoms with van der Waals surface area (Å²) in [5, 5.41) is 2.38. The van der Waals surface area contributed by atoms with E-state index in [2.05, 4.69) is 44.7 Å². The number of hydrogen-bond acceptors (Lipinski definition) is 3. The van der Waals surface area contributed by atoms with Crippen LogP contribution in [0.1, 0.15) is 46.0 Å². The lowest BCUT2D eigenvalue weighted by atomic mass is 9.92. The van der Waals surface area contributed by atoms with E-state index in [-0.39, 0.29) is 18.0 Å². The summed E-state index contributed by atoms with van der Waals surface area (Å²) >= 11 is 0. The minimum absolute atomic E-state index is 0.199. The van der Waals surface area contributed by atoms with Gasteiger partial charge in [0, 0.05) is 18.5 Å². The van der Waals surface area contributed by atoms with Gasteiger partial charge in [-0.2, -0.15) is 0 Å². The first-order valence-corrected chi connectivity index (χ1v) is 13.4. The topological polar surface area (TPSA) is 43.4 Å². The lowest BCUT2D eigenvalue weighted by Gasteiger charge is -2.30. The molecule has 0 aromatic heterocycles. The Labute approximate surface area is 206 Å². The molecule has 0 unspecified atom stereocenters. The van der Waals surface area contributed by atoms with Crippen LogP contribution < -0.4 is 10.6 Å². The molecule has 34 heavy (non-hydrogen) atoms. The van der Waals surface area contributed by atoms with Crippen LogP contribution in [-0.4, -0.2) is 18.4 Å². The third kappa shape index (κ3) is 7.12. The first-order chi connectivity index (χ1) is 16.6. The van der Waals surface area contributed by atoms with Crippen molar-refractivity contribution < 1.29 is 14.3 Å². The molecule has 2 aromatic carbocycles. The SMILES string of the molecule is C=C(CC)C[C@H](C[C@@H](CC)CC=O)OC(=O)[C]1[CH][CH][CH][C]1P(c1ccccc1)c1ccccc1. The van der Waals surface area contributed by atoms with E-state index in [9.17, 15) is 9.59 Å². The molecule has 4 heteroatoms. The van der Waals surface area contributed by atoms with E-state index in [0.29, 0.717) is 25.2 Å². The molecule has 1 aliphatic rings. The Hall–Kier alpha value is -2.25. The van der Waals surface area contributed by atoms with Crippen molar-refractivity contribution in [3.05, 3.63) is 104 Å². The van der Waals surface area contributed by atoms with Crippen molar-refractivity contribution in [3.63, 3.8) is 0 Å². The van der Waals surface area contributed by atoms with Crippen molar-refractivity contribution in [1.29, 1.82) is 0 Å². The number of carbonyl (C=O) groups is 2. The van der Waals surface area contributed by atoms with Gasteiger partial charge < -0.3 is 9.53 Å². The van der Waals surface area contributed by atoms with Crippen LogP contribution in [0.15, 0.2) is 72.8 Å². The van der Waals surface area contributed by atoms with E-state index in [1.54, 1.807) is 0 Å². The van der Waals surface area contributed by atoms with Gasteiger partial charge in [0.2, 0.25) is 0 Å². The van der Waals surface area contributed by atoms with E-state index < -0.39 is 7.92 Å². The average molecular weight is 474 g/mol. The Kier molecular flexibility index (Phi) is 10.5. The van der Waals surface area contributed by atoms with E-state index in [1.165, 1.54) is 10.6 Å². The second-order valence-electron chi connectivity index (χ2n) is 8.58. The second kappa shape index (κ2) is 13.6. The summed E-state index contributed by atoms with van der Waals surface area (Å²) in [5.74, 6) is 0.522. The number of benzene rings is 2. The summed E-state index contributed by atoms with van der Waals surface area (Å²) in [7, 11) is -0.897. The molecule has 0 amide bonds. The predicted molar refractivity (Wildman–Crippen MR) is 141 cm³/mol. The molecule has 0 bridgehead atoms. The van der Waals surface area contributed by atoms with Gasteiger partial charge in [-0.05, 0) is 56.6 Å². The number of rotatable bonds is 13. The molecule has 0 spiro atoms. The molecule has 0 saturated heterocycles. The molecule has 3 rings (SSSR count). The van der Waals surface area contributed by atoms with Crippen LogP contribution in [0.25, 0.3) is 0 Å².